The predicted molar refractivity (Wildman–Crippen MR) is 119 cm³/mol. The molecule has 8 nitrogen and oxygen atoms in total. The molecule has 32 heavy (non-hydrogen) atoms. The number of piperidine rings is 1. The van der Waals surface area contributed by atoms with E-state index in [1.165, 1.54) is 0 Å². The number of pyridine rings is 1. The SMILES string of the molecule is COc1cccc(CNC(=O)CCC(=O)N2C[C@@H]3C[C@H](C2)c2cccc(=O)n2C3)c1OC. The quantitative estimate of drug-likeness (QED) is 0.712. The minimum absolute atomic E-state index is 0.0134. The summed E-state index contributed by atoms with van der Waals surface area (Å²) in [6.45, 7) is 2.19. The van der Waals surface area contributed by atoms with E-state index in [9.17, 15) is 14.4 Å². The number of hydrogen-bond donors (Lipinski definition) is 1. The molecule has 0 unspecified atom stereocenters. The molecule has 0 aliphatic carbocycles. The van der Waals surface area contributed by atoms with Crippen LogP contribution < -0.4 is 20.3 Å². The number of nitrogens with one attached hydrogen (secondary N) is 1. The maximum atomic E-state index is 12.8. The Hall–Kier alpha value is -3.29. The summed E-state index contributed by atoms with van der Waals surface area (Å²) < 4.78 is 12.5. The average Bonchev–Trinajstić information content (AvgIpc) is 2.81. The largest absolute Gasteiger partial charge is 0.493 e. The minimum atomic E-state index is -0.183. The van der Waals surface area contributed by atoms with Crippen molar-refractivity contribution < 1.29 is 19.1 Å². The van der Waals surface area contributed by atoms with Crippen molar-refractivity contribution in [3.8, 4) is 11.5 Å². The van der Waals surface area contributed by atoms with Gasteiger partial charge in [0.15, 0.2) is 11.5 Å². The zero-order valence-corrected chi connectivity index (χ0v) is 18.5. The van der Waals surface area contributed by atoms with Gasteiger partial charge in [0.1, 0.15) is 0 Å². The summed E-state index contributed by atoms with van der Waals surface area (Å²) in [5.41, 5.74) is 1.85. The third kappa shape index (κ3) is 4.49. The molecule has 0 radical (unpaired) electrons. The molecule has 2 atom stereocenters. The highest BCUT2D eigenvalue weighted by atomic mass is 16.5. The zero-order chi connectivity index (χ0) is 22.7. The van der Waals surface area contributed by atoms with Crippen LogP contribution >= 0.6 is 0 Å². The molecule has 3 heterocycles. The summed E-state index contributed by atoms with van der Waals surface area (Å²) in [6.07, 6.45) is 1.30. The van der Waals surface area contributed by atoms with Crippen molar-refractivity contribution in [3.63, 3.8) is 0 Å². The molecule has 0 saturated carbocycles. The number of likely N-dealkylation sites (tertiary alicyclic amines) is 1. The molecule has 2 aromatic rings. The van der Waals surface area contributed by atoms with E-state index in [4.69, 9.17) is 9.47 Å². The fraction of sp³-hybridized carbons (Fsp3) is 0.458. The van der Waals surface area contributed by atoms with Gasteiger partial charge in [-0.15, -0.1) is 0 Å². The topological polar surface area (TPSA) is 89.9 Å². The normalized spacial score (nSPS) is 19.1. The number of aromatic nitrogens is 1. The van der Waals surface area contributed by atoms with Gasteiger partial charge in [-0.05, 0) is 24.5 Å². The molecule has 2 amide bonds. The average molecular weight is 440 g/mol. The first-order valence-electron chi connectivity index (χ1n) is 10.9. The number of carbonyl (C=O) groups excluding carboxylic acids is 2. The van der Waals surface area contributed by atoms with Gasteiger partial charge in [-0.25, -0.2) is 0 Å². The lowest BCUT2D eigenvalue weighted by molar-refractivity contribution is -0.136. The molecule has 1 N–H and O–H groups in total. The van der Waals surface area contributed by atoms with Crippen LogP contribution in [0.25, 0.3) is 0 Å². The van der Waals surface area contributed by atoms with Crippen LogP contribution in [-0.4, -0.2) is 48.6 Å². The van der Waals surface area contributed by atoms with Crippen LogP contribution in [0.1, 0.15) is 36.4 Å². The lowest BCUT2D eigenvalue weighted by Gasteiger charge is -2.42. The lowest BCUT2D eigenvalue weighted by atomic mass is 9.83. The van der Waals surface area contributed by atoms with E-state index in [0.29, 0.717) is 37.7 Å². The lowest BCUT2D eigenvalue weighted by Crippen LogP contribution is -2.49. The molecule has 170 valence electrons. The van der Waals surface area contributed by atoms with E-state index in [-0.39, 0.29) is 42.1 Å². The van der Waals surface area contributed by atoms with Gasteiger partial charge in [0, 0.05) is 62.3 Å². The molecule has 2 aliphatic rings. The summed E-state index contributed by atoms with van der Waals surface area (Å²) in [5.74, 6) is 1.45. The number of rotatable bonds is 7. The Labute approximate surface area is 187 Å². The first-order chi connectivity index (χ1) is 15.5. The Balaban J connectivity index is 1.30. The second kappa shape index (κ2) is 9.46. The second-order valence-electron chi connectivity index (χ2n) is 8.43. The molecule has 1 fully saturated rings. The number of carbonyl (C=O) groups is 2. The summed E-state index contributed by atoms with van der Waals surface area (Å²) >= 11 is 0. The number of benzene rings is 1. The molecule has 1 saturated heterocycles. The fourth-order valence-electron chi connectivity index (χ4n) is 4.85. The van der Waals surface area contributed by atoms with Gasteiger partial charge in [-0.2, -0.15) is 0 Å². The number of para-hydroxylation sites is 1. The molecule has 2 bridgehead atoms. The Morgan fingerprint density at radius 1 is 1.03 bits per heavy atom. The summed E-state index contributed by atoms with van der Waals surface area (Å²) in [5, 5.41) is 2.86. The second-order valence-corrected chi connectivity index (χ2v) is 8.43. The van der Waals surface area contributed by atoms with Crippen LogP contribution in [0.2, 0.25) is 0 Å². The molecule has 1 aromatic carbocycles. The van der Waals surface area contributed by atoms with Gasteiger partial charge in [-0.1, -0.05) is 18.2 Å². The Bertz CT molecular complexity index is 1060. The Morgan fingerprint density at radius 2 is 1.84 bits per heavy atom. The first kappa shape index (κ1) is 21.9. The van der Waals surface area contributed by atoms with Crippen molar-refractivity contribution in [3.05, 3.63) is 58.0 Å². The van der Waals surface area contributed by atoms with Crippen molar-refractivity contribution in [1.29, 1.82) is 0 Å². The van der Waals surface area contributed by atoms with Crippen LogP contribution in [0.5, 0.6) is 11.5 Å². The van der Waals surface area contributed by atoms with Crippen molar-refractivity contribution in [2.45, 2.75) is 38.3 Å². The van der Waals surface area contributed by atoms with Crippen molar-refractivity contribution >= 4 is 11.8 Å². The monoisotopic (exact) mass is 439 g/mol. The molecule has 0 spiro atoms. The number of hydrogen-bond acceptors (Lipinski definition) is 5. The molecular weight excluding hydrogens is 410 g/mol. The van der Waals surface area contributed by atoms with Crippen LogP contribution in [-0.2, 0) is 22.7 Å². The van der Waals surface area contributed by atoms with Crippen molar-refractivity contribution in [2.75, 3.05) is 27.3 Å². The van der Waals surface area contributed by atoms with Crippen LogP contribution in [0.4, 0.5) is 0 Å². The third-order valence-corrected chi connectivity index (χ3v) is 6.36. The van der Waals surface area contributed by atoms with Gasteiger partial charge in [0.25, 0.3) is 5.56 Å². The molecule has 8 heteroatoms. The van der Waals surface area contributed by atoms with Crippen LogP contribution in [0.3, 0.4) is 0 Å². The van der Waals surface area contributed by atoms with Crippen molar-refractivity contribution in [2.24, 2.45) is 5.92 Å². The standard InChI is InChI=1S/C24H29N3O5/c1-31-20-7-3-5-17(24(20)32-2)12-25-21(28)9-10-22(29)26-13-16-11-18(15-26)19-6-4-8-23(30)27(19)14-16/h3-8,16,18H,9-15H2,1-2H3,(H,25,28)/t16-,18+/m0/s1. The van der Waals surface area contributed by atoms with E-state index in [2.05, 4.69) is 5.32 Å². The van der Waals surface area contributed by atoms with Gasteiger partial charge >= 0.3 is 0 Å². The summed E-state index contributed by atoms with van der Waals surface area (Å²) in [4.78, 5) is 39.2. The van der Waals surface area contributed by atoms with E-state index in [1.54, 1.807) is 32.4 Å². The highest BCUT2D eigenvalue weighted by molar-refractivity contribution is 5.84. The highest BCUT2D eigenvalue weighted by Crippen LogP contribution is 2.35. The number of methoxy groups -OCH3 is 2. The maximum absolute atomic E-state index is 12.8. The van der Waals surface area contributed by atoms with E-state index in [1.807, 2.05) is 27.7 Å². The number of nitrogens with zero attached hydrogens (tertiary/aromatic N) is 2. The maximum Gasteiger partial charge on any atom is 0.250 e. The molecule has 1 aromatic heterocycles. The third-order valence-electron chi connectivity index (χ3n) is 6.36. The fourth-order valence-corrected chi connectivity index (χ4v) is 4.85. The number of ether oxygens (including phenoxy) is 2. The van der Waals surface area contributed by atoms with Crippen molar-refractivity contribution in [1.82, 2.24) is 14.8 Å². The Kier molecular flexibility index (Phi) is 6.48. The Morgan fingerprint density at radius 3 is 2.62 bits per heavy atom. The molecule has 4 rings (SSSR count). The van der Waals surface area contributed by atoms with Gasteiger partial charge < -0.3 is 24.3 Å². The number of fused-ring (bicyclic) bond motifs is 4. The smallest absolute Gasteiger partial charge is 0.250 e. The first-order valence-corrected chi connectivity index (χ1v) is 10.9. The van der Waals surface area contributed by atoms with Crippen LogP contribution in [0, 0.1) is 5.92 Å². The highest BCUT2D eigenvalue weighted by Gasteiger charge is 2.36. The summed E-state index contributed by atoms with van der Waals surface area (Å²) in [6, 6.07) is 10.9. The van der Waals surface area contributed by atoms with Gasteiger partial charge in [0.05, 0.1) is 14.2 Å². The van der Waals surface area contributed by atoms with E-state index in [0.717, 1.165) is 17.7 Å². The molecular formula is C24H29N3O5. The summed E-state index contributed by atoms with van der Waals surface area (Å²) in [7, 11) is 3.13. The van der Waals surface area contributed by atoms with Gasteiger partial charge in [-0.3, -0.25) is 14.4 Å². The molecule has 2 aliphatic heterocycles. The zero-order valence-electron chi connectivity index (χ0n) is 18.5. The van der Waals surface area contributed by atoms with Crippen LogP contribution in [0.15, 0.2) is 41.2 Å². The number of amides is 2. The van der Waals surface area contributed by atoms with E-state index >= 15 is 0 Å². The minimum Gasteiger partial charge on any atom is -0.493 e. The van der Waals surface area contributed by atoms with Gasteiger partial charge in [0.2, 0.25) is 11.8 Å². The predicted octanol–water partition coefficient (Wildman–Crippen LogP) is 1.91. The van der Waals surface area contributed by atoms with E-state index < -0.39 is 0 Å².